The summed E-state index contributed by atoms with van der Waals surface area (Å²) in [5, 5.41) is 0. The van der Waals surface area contributed by atoms with Gasteiger partial charge in [0.1, 0.15) is 0 Å². The highest BCUT2D eigenvalue weighted by Gasteiger charge is 2.23. The van der Waals surface area contributed by atoms with Crippen molar-refractivity contribution in [2.45, 2.75) is 51.5 Å². The Kier molecular flexibility index (Phi) is 4.99. The molecule has 2 heterocycles. The second-order valence-electron chi connectivity index (χ2n) is 5.04. The molecule has 94 valence electrons. The van der Waals surface area contributed by atoms with Gasteiger partial charge in [0.25, 0.3) is 0 Å². The van der Waals surface area contributed by atoms with Crippen molar-refractivity contribution >= 4 is 0 Å². The summed E-state index contributed by atoms with van der Waals surface area (Å²) < 4.78 is 0. The predicted octanol–water partition coefficient (Wildman–Crippen LogP) is 3.80. The van der Waals surface area contributed by atoms with Crippen LogP contribution < -0.4 is 0 Å². The maximum atomic E-state index is 4.26. The number of nitrogens with zero attached hydrogens (tertiary/aromatic N) is 2. The van der Waals surface area contributed by atoms with Gasteiger partial charge in [0.15, 0.2) is 0 Å². The molecule has 0 amide bonds. The van der Waals surface area contributed by atoms with Gasteiger partial charge in [0, 0.05) is 18.4 Å². The van der Waals surface area contributed by atoms with E-state index >= 15 is 0 Å². The summed E-state index contributed by atoms with van der Waals surface area (Å²) in [6.45, 7) is 4.80. The molecule has 0 N–H and O–H groups in total. The molecule has 1 aromatic heterocycles. The molecule has 0 radical (unpaired) electrons. The molecule has 1 aliphatic rings. The molecular weight excluding hydrogens is 208 g/mol. The second-order valence-corrected chi connectivity index (χ2v) is 5.04. The monoisotopic (exact) mass is 232 g/mol. The van der Waals surface area contributed by atoms with Crippen molar-refractivity contribution in [3.63, 3.8) is 0 Å². The topological polar surface area (TPSA) is 16.1 Å². The van der Waals surface area contributed by atoms with Crippen molar-refractivity contribution in [2.75, 3.05) is 13.1 Å². The van der Waals surface area contributed by atoms with Crippen LogP contribution in [-0.4, -0.2) is 23.0 Å². The molecular formula is C15H24N2. The Hall–Kier alpha value is -0.890. The highest BCUT2D eigenvalue weighted by Crippen LogP contribution is 2.30. The van der Waals surface area contributed by atoms with Crippen molar-refractivity contribution < 1.29 is 0 Å². The maximum Gasteiger partial charge on any atom is 0.0363 e. The summed E-state index contributed by atoms with van der Waals surface area (Å²) in [7, 11) is 0. The SMILES string of the molecule is CCCCCN1CCCCC1c1cccnc1. The molecule has 0 aliphatic carbocycles. The van der Waals surface area contributed by atoms with Gasteiger partial charge in [-0.05, 0) is 44.0 Å². The lowest BCUT2D eigenvalue weighted by Gasteiger charge is -2.35. The highest BCUT2D eigenvalue weighted by molar-refractivity contribution is 5.14. The van der Waals surface area contributed by atoms with Crippen LogP contribution in [-0.2, 0) is 0 Å². The first-order chi connectivity index (χ1) is 8.42. The van der Waals surface area contributed by atoms with E-state index in [1.165, 1.54) is 57.2 Å². The fraction of sp³-hybridized carbons (Fsp3) is 0.667. The Labute approximate surface area is 105 Å². The normalized spacial score (nSPS) is 21.6. The number of pyridine rings is 1. The van der Waals surface area contributed by atoms with Gasteiger partial charge < -0.3 is 0 Å². The average molecular weight is 232 g/mol. The van der Waals surface area contributed by atoms with E-state index in [-0.39, 0.29) is 0 Å². The molecule has 1 aromatic rings. The van der Waals surface area contributed by atoms with E-state index in [0.717, 1.165) is 0 Å². The summed E-state index contributed by atoms with van der Waals surface area (Å²) in [6, 6.07) is 4.92. The Morgan fingerprint density at radius 3 is 3.06 bits per heavy atom. The molecule has 0 spiro atoms. The molecule has 2 rings (SSSR count). The number of piperidine rings is 1. The Bertz CT molecular complexity index is 310. The Balaban J connectivity index is 1.97. The minimum atomic E-state index is 0.620. The maximum absolute atomic E-state index is 4.26. The van der Waals surface area contributed by atoms with Gasteiger partial charge in [-0.25, -0.2) is 0 Å². The van der Waals surface area contributed by atoms with E-state index in [0.29, 0.717) is 6.04 Å². The van der Waals surface area contributed by atoms with Crippen LogP contribution in [0.4, 0.5) is 0 Å². The molecule has 0 bridgehead atoms. The standard InChI is InChI=1S/C15H24N2/c1-2-3-5-11-17-12-6-4-9-15(17)14-8-7-10-16-13-14/h7-8,10,13,15H,2-6,9,11-12H2,1H3. The van der Waals surface area contributed by atoms with Gasteiger partial charge in [0.2, 0.25) is 0 Å². The van der Waals surface area contributed by atoms with E-state index in [1.807, 2.05) is 12.4 Å². The van der Waals surface area contributed by atoms with Gasteiger partial charge in [-0.2, -0.15) is 0 Å². The Morgan fingerprint density at radius 2 is 2.29 bits per heavy atom. The van der Waals surface area contributed by atoms with Gasteiger partial charge in [-0.3, -0.25) is 9.88 Å². The first kappa shape index (κ1) is 12.6. The number of hydrogen-bond donors (Lipinski definition) is 0. The van der Waals surface area contributed by atoms with Crippen molar-refractivity contribution in [1.82, 2.24) is 9.88 Å². The van der Waals surface area contributed by atoms with Crippen molar-refractivity contribution in [3.8, 4) is 0 Å². The number of likely N-dealkylation sites (tertiary alicyclic amines) is 1. The van der Waals surface area contributed by atoms with Crippen LogP contribution in [0.1, 0.15) is 57.1 Å². The zero-order valence-corrected chi connectivity index (χ0v) is 10.9. The number of unbranched alkanes of at least 4 members (excludes halogenated alkanes) is 2. The molecule has 17 heavy (non-hydrogen) atoms. The van der Waals surface area contributed by atoms with E-state index in [9.17, 15) is 0 Å². The van der Waals surface area contributed by atoms with Gasteiger partial charge >= 0.3 is 0 Å². The van der Waals surface area contributed by atoms with Crippen LogP contribution in [0.2, 0.25) is 0 Å². The molecule has 1 unspecified atom stereocenters. The third kappa shape index (κ3) is 3.53. The summed E-state index contributed by atoms with van der Waals surface area (Å²) in [5.74, 6) is 0. The van der Waals surface area contributed by atoms with Gasteiger partial charge in [-0.1, -0.05) is 32.3 Å². The molecule has 1 saturated heterocycles. The van der Waals surface area contributed by atoms with E-state index in [2.05, 4.69) is 28.9 Å². The quantitative estimate of drug-likeness (QED) is 0.718. The molecule has 1 fully saturated rings. The number of rotatable bonds is 5. The minimum absolute atomic E-state index is 0.620. The minimum Gasteiger partial charge on any atom is -0.296 e. The van der Waals surface area contributed by atoms with Crippen LogP contribution in [0.25, 0.3) is 0 Å². The third-order valence-electron chi connectivity index (χ3n) is 3.73. The third-order valence-corrected chi connectivity index (χ3v) is 3.73. The Morgan fingerprint density at radius 1 is 1.35 bits per heavy atom. The van der Waals surface area contributed by atoms with Crippen LogP contribution in [0.3, 0.4) is 0 Å². The largest absolute Gasteiger partial charge is 0.296 e. The molecule has 0 aromatic carbocycles. The molecule has 1 atom stereocenters. The molecule has 2 nitrogen and oxygen atoms in total. The van der Waals surface area contributed by atoms with Gasteiger partial charge in [0.05, 0.1) is 0 Å². The summed E-state index contributed by atoms with van der Waals surface area (Å²) in [5.41, 5.74) is 1.41. The summed E-state index contributed by atoms with van der Waals surface area (Å²) in [4.78, 5) is 6.93. The number of aromatic nitrogens is 1. The zero-order valence-electron chi connectivity index (χ0n) is 10.9. The fourth-order valence-electron chi connectivity index (χ4n) is 2.77. The fourth-order valence-corrected chi connectivity index (χ4v) is 2.77. The van der Waals surface area contributed by atoms with Gasteiger partial charge in [-0.15, -0.1) is 0 Å². The van der Waals surface area contributed by atoms with Crippen LogP contribution >= 0.6 is 0 Å². The van der Waals surface area contributed by atoms with Crippen LogP contribution in [0.15, 0.2) is 24.5 Å². The first-order valence-electron chi connectivity index (χ1n) is 7.06. The van der Waals surface area contributed by atoms with Crippen molar-refractivity contribution in [1.29, 1.82) is 0 Å². The number of hydrogen-bond acceptors (Lipinski definition) is 2. The summed E-state index contributed by atoms with van der Waals surface area (Å²) in [6.07, 6.45) is 12.0. The lowest BCUT2D eigenvalue weighted by Crippen LogP contribution is -2.34. The zero-order chi connectivity index (χ0) is 11.9. The molecule has 1 aliphatic heterocycles. The highest BCUT2D eigenvalue weighted by atomic mass is 15.2. The van der Waals surface area contributed by atoms with E-state index < -0.39 is 0 Å². The lowest BCUT2D eigenvalue weighted by molar-refractivity contribution is 0.145. The first-order valence-corrected chi connectivity index (χ1v) is 7.06. The van der Waals surface area contributed by atoms with Crippen LogP contribution in [0, 0.1) is 0 Å². The average Bonchev–Trinajstić information content (AvgIpc) is 2.41. The molecule has 2 heteroatoms. The second kappa shape index (κ2) is 6.75. The van der Waals surface area contributed by atoms with E-state index in [1.54, 1.807) is 0 Å². The lowest BCUT2D eigenvalue weighted by atomic mass is 9.96. The van der Waals surface area contributed by atoms with Crippen molar-refractivity contribution in [2.24, 2.45) is 0 Å². The van der Waals surface area contributed by atoms with Crippen molar-refractivity contribution in [3.05, 3.63) is 30.1 Å². The summed E-state index contributed by atoms with van der Waals surface area (Å²) >= 11 is 0. The smallest absolute Gasteiger partial charge is 0.0363 e. The van der Waals surface area contributed by atoms with E-state index in [4.69, 9.17) is 0 Å². The predicted molar refractivity (Wildman–Crippen MR) is 71.9 cm³/mol. The van der Waals surface area contributed by atoms with Crippen LogP contribution in [0.5, 0.6) is 0 Å². The molecule has 0 saturated carbocycles.